The predicted molar refractivity (Wildman–Crippen MR) is 120 cm³/mol. The van der Waals surface area contributed by atoms with E-state index in [1.807, 2.05) is 13.8 Å². The molecule has 0 saturated carbocycles. The number of nitrogen functional groups attached to an aromatic ring is 1. The summed E-state index contributed by atoms with van der Waals surface area (Å²) in [6.45, 7) is 9.97. The van der Waals surface area contributed by atoms with E-state index in [0.717, 1.165) is 35.0 Å². The lowest BCUT2D eigenvalue weighted by molar-refractivity contribution is -0.120. The fraction of sp³-hybridized carbons (Fsp3) is 0.478. The molecule has 0 aliphatic carbocycles. The van der Waals surface area contributed by atoms with Crippen LogP contribution in [0.25, 0.3) is 5.78 Å². The molecule has 3 heterocycles. The highest BCUT2D eigenvalue weighted by molar-refractivity contribution is 5.79. The molecule has 1 unspecified atom stereocenters. The number of aromatic nitrogens is 4. The summed E-state index contributed by atoms with van der Waals surface area (Å²) in [7, 11) is 0. The van der Waals surface area contributed by atoms with Gasteiger partial charge in [0.2, 0.25) is 11.9 Å². The lowest BCUT2D eigenvalue weighted by Crippen LogP contribution is -2.33. The minimum Gasteiger partial charge on any atom is -0.366 e. The van der Waals surface area contributed by atoms with Gasteiger partial charge in [0.25, 0.3) is 5.78 Å². The highest BCUT2D eigenvalue weighted by Gasteiger charge is 2.17. The van der Waals surface area contributed by atoms with Crippen LogP contribution in [0.1, 0.15) is 47.8 Å². The number of aryl methyl sites for hydroxylation is 2. The number of benzene rings is 1. The van der Waals surface area contributed by atoms with Crippen LogP contribution in [0.5, 0.6) is 0 Å². The smallest absolute Gasteiger partial charge is 0.254 e. The minimum atomic E-state index is -0.0492. The molecule has 8 nitrogen and oxygen atoms in total. The van der Waals surface area contributed by atoms with Crippen molar-refractivity contribution in [2.75, 3.05) is 18.8 Å². The predicted octanol–water partition coefficient (Wildman–Crippen LogP) is 2.41. The molecule has 0 spiro atoms. The summed E-state index contributed by atoms with van der Waals surface area (Å²) in [5.74, 6) is 1.37. The van der Waals surface area contributed by atoms with E-state index in [2.05, 4.69) is 56.5 Å². The van der Waals surface area contributed by atoms with Gasteiger partial charge in [0.1, 0.15) is 0 Å². The van der Waals surface area contributed by atoms with Gasteiger partial charge in [0, 0.05) is 36.6 Å². The Hall–Kier alpha value is -3.00. The van der Waals surface area contributed by atoms with Crippen LogP contribution in [-0.4, -0.2) is 43.5 Å². The quantitative estimate of drug-likeness (QED) is 0.634. The Bertz CT molecular complexity index is 1070. The Labute approximate surface area is 182 Å². The number of nitrogens with one attached hydrogen (secondary N) is 1. The number of fused-ring (bicyclic) bond motifs is 1. The highest BCUT2D eigenvalue weighted by atomic mass is 16.1. The lowest BCUT2D eigenvalue weighted by atomic mass is 9.99. The van der Waals surface area contributed by atoms with Crippen molar-refractivity contribution in [1.82, 2.24) is 29.8 Å². The third kappa shape index (κ3) is 5.02. The zero-order valence-electron chi connectivity index (χ0n) is 18.6. The number of hydrogen-bond donors (Lipinski definition) is 2. The Morgan fingerprint density at radius 2 is 1.94 bits per heavy atom. The molecule has 8 heteroatoms. The van der Waals surface area contributed by atoms with Crippen molar-refractivity contribution in [3.05, 3.63) is 52.3 Å². The number of carbonyl (C=O) groups is 1. The van der Waals surface area contributed by atoms with Crippen LogP contribution >= 0.6 is 0 Å². The maximum atomic E-state index is 12.6. The number of nitrogens with zero attached hydrogens (tertiary/aromatic N) is 5. The molecule has 1 saturated heterocycles. The van der Waals surface area contributed by atoms with Gasteiger partial charge in [-0.2, -0.15) is 9.50 Å². The normalized spacial score (nSPS) is 17.2. The molecule has 1 aliphatic rings. The monoisotopic (exact) mass is 421 g/mol. The van der Waals surface area contributed by atoms with Gasteiger partial charge in [0.15, 0.2) is 0 Å². The summed E-state index contributed by atoms with van der Waals surface area (Å²) in [5, 5.41) is 7.17. The van der Waals surface area contributed by atoms with Gasteiger partial charge in [-0.05, 0) is 50.3 Å². The SMILES string of the molecule is Cc1nc2nc(N)nn2c(C)c1CC(=O)NCc1ccc(CN2CCCC(C)C2)cc1. The molecule has 3 N–H and O–H groups in total. The van der Waals surface area contributed by atoms with Crippen LogP contribution in [-0.2, 0) is 24.3 Å². The zero-order valence-corrected chi connectivity index (χ0v) is 18.6. The zero-order chi connectivity index (χ0) is 22.0. The molecule has 1 aromatic carbocycles. The van der Waals surface area contributed by atoms with Crippen LogP contribution in [0.3, 0.4) is 0 Å². The van der Waals surface area contributed by atoms with Gasteiger partial charge < -0.3 is 11.1 Å². The minimum absolute atomic E-state index is 0.0492. The van der Waals surface area contributed by atoms with Crippen molar-refractivity contribution in [2.45, 2.75) is 53.1 Å². The largest absolute Gasteiger partial charge is 0.366 e. The van der Waals surface area contributed by atoms with Gasteiger partial charge in [-0.15, -0.1) is 5.10 Å². The number of anilines is 1. The lowest BCUT2D eigenvalue weighted by Gasteiger charge is -2.30. The summed E-state index contributed by atoms with van der Waals surface area (Å²) in [6.07, 6.45) is 2.87. The molecule has 1 fully saturated rings. The first-order valence-corrected chi connectivity index (χ1v) is 10.9. The van der Waals surface area contributed by atoms with E-state index in [0.29, 0.717) is 12.3 Å². The second-order valence-corrected chi connectivity index (χ2v) is 8.70. The van der Waals surface area contributed by atoms with E-state index in [4.69, 9.17) is 5.73 Å². The topological polar surface area (TPSA) is 101 Å². The molecular formula is C23H31N7O. The van der Waals surface area contributed by atoms with Crippen LogP contribution < -0.4 is 11.1 Å². The average molecular weight is 422 g/mol. The van der Waals surface area contributed by atoms with Gasteiger partial charge >= 0.3 is 0 Å². The molecule has 1 atom stereocenters. The Morgan fingerprint density at radius 3 is 2.68 bits per heavy atom. The van der Waals surface area contributed by atoms with Crippen LogP contribution in [0.15, 0.2) is 24.3 Å². The van der Waals surface area contributed by atoms with Gasteiger partial charge in [0.05, 0.1) is 6.42 Å². The molecule has 1 aliphatic heterocycles. The van der Waals surface area contributed by atoms with Gasteiger partial charge in [-0.25, -0.2) is 4.98 Å². The van der Waals surface area contributed by atoms with Crippen LogP contribution in [0, 0.1) is 19.8 Å². The van der Waals surface area contributed by atoms with E-state index in [9.17, 15) is 4.79 Å². The third-order valence-corrected chi connectivity index (χ3v) is 6.06. The van der Waals surface area contributed by atoms with E-state index < -0.39 is 0 Å². The molecule has 4 rings (SSSR count). The first kappa shape index (κ1) is 21.2. The van der Waals surface area contributed by atoms with Crippen molar-refractivity contribution >= 4 is 17.6 Å². The van der Waals surface area contributed by atoms with E-state index in [1.165, 1.54) is 31.5 Å². The fourth-order valence-corrected chi connectivity index (χ4v) is 4.35. The molecule has 164 valence electrons. The Kier molecular flexibility index (Phi) is 6.18. The summed E-state index contributed by atoms with van der Waals surface area (Å²) >= 11 is 0. The van der Waals surface area contributed by atoms with Crippen molar-refractivity contribution in [1.29, 1.82) is 0 Å². The fourth-order valence-electron chi connectivity index (χ4n) is 4.35. The van der Waals surface area contributed by atoms with Crippen LogP contribution in [0.4, 0.5) is 5.95 Å². The van der Waals surface area contributed by atoms with Crippen molar-refractivity contribution in [2.24, 2.45) is 5.92 Å². The maximum absolute atomic E-state index is 12.6. The molecule has 1 amide bonds. The molecule has 3 aromatic rings. The average Bonchev–Trinajstić information content (AvgIpc) is 3.11. The molecule has 0 radical (unpaired) electrons. The van der Waals surface area contributed by atoms with Crippen molar-refractivity contribution in [3.8, 4) is 0 Å². The van der Waals surface area contributed by atoms with Crippen molar-refractivity contribution in [3.63, 3.8) is 0 Å². The first-order chi connectivity index (χ1) is 14.9. The van der Waals surface area contributed by atoms with Gasteiger partial charge in [-0.1, -0.05) is 31.2 Å². The molecule has 2 aromatic heterocycles. The maximum Gasteiger partial charge on any atom is 0.254 e. The highest BCUT2D eigenvalue weighted by Crippen LogP contribution is 2.18. The molecule has 31 heavy (non-hydrogen) atoms. The van der Waals surface area contributed by atoms with Gasteiger partial charge in [-0.3, -0.25) is 9.69 Å². The summed E-state index contributed by atoms with van der Waals surface area (Å²) < 4.78 is 1.59. The molecular weight excluding hydrogens is 390 g/mol. The van der Waals surface area contributed by atoms with E-state index in [-0.39, 0.29) is 18.3 Å². The number of nitrogens with two attached hydrogens (primary N) is 1. The third-order valence-electron chi connectivity index (χ3n) is 6.06. The second kappa shape index (κ2) is 9.01. The Balaban J connectivity index is 1.33. The van der Waals surface area contributed by atoms with E-state index >= 15 is 0 Å². The number of rotatable bonds is 6. The summed E-state index contributed by atoms with van der Waals surface area (Å²) in [6, 6.07) is 8.54. The first-order valence-electron chi connectivity index (χ1n) is 10.9. The number of piperidine rings is 1. The van der Waals surface area contributed by atoms with E-state index in [1.54, 1.807) is 4.52 Å². The molecule has 0 bridgehead atoms. The summed E-state index contributed by atoms with van der Waals surface area (Å²) in [4.78, 5) is 23.6. The number of likely N-dealkylation sites (tertiary alicyclic amines) is 1. The standard InChI is InChI=1S/C23H31N7O/c1-15-5-4-10-29(13-15)14-19-8-6-18(7-9-19)12-25-21(31)11-20-16(2)26-23-27-22(24)28-30(23)17(20)3/h6-9,15H,4-5,10-14H2,1-3H3,(H2,24,28)(H,25,31). The second-order valence-electron chi connectivity index (χ2n) is 8.70. The van der Waals surface area contributed by atoms with Crippen LogP contribution in [0.2, 0.25) is 0 Å². The number of carbonyl (C=O) groups excluding carboxylic acids is 1. The number of amides is 1. The van der Waals surface area contributed by atoms with Crippen molar-refractivity contribution < 1.29 is 4.79 Å². The Morgan fingerprint density at radius 1 is 1.19 bits per heavy atom. The summed E-state index contributed by atoms with van der Waals surface area (Å²) in [5.41, 5.74) is 10.5. The number of hydrogen-bond acceptors (Lipinski definition) is 6.